The largest absolute Gasteiger partial charge is 0.378 e. The Labute approximate surface area is 177 Å². The van der Waals surface area contributed by atoms with Crippen LogP contribution < -0.4 is 10.2 Å². The van der Waals surface area contributed by atoms with Crippen LogP contribution in [0, 0.1) is 0 Å². The Balaban J connectivity index is 1.58. The van der Waals surface area contributed by atoms with Crippen LogP contribution in [-0.2, 0) is 16.1 Å². The molecule has 3 rings (SSSR count). The normalized spacial score (nSPS) is 16.4. The van der Waals surface area contributed by atoms with Gasteiger partial charge in [-0.3, -0.25) is 9.36 Å². The van der Waals surface area contributed by atoms with Gasteiger partial charge in [0.05, 0.1) is 18.5 Å². The quantitative estimate of drug-likeness (QED) is 0.633. The van der Waals surface area contributed by atoms with Crippen molar-refractivity contribution in [1.29, 1.82) is 0 Å². The van der Waals surface area contributed by atoms with E-state index in [1.54, 1.807) is 0 Å². The number of morpholine rings is 1. The summed E-state index contributed by atoms with van der Waals surface area (Å²) in [5, 5.41) is 12.4. The van der Waals surface area contributed by atoms with Gasteiger partial charge in [0.2, 0.25) is 11.9 Å². The second-order valence-electron chi connectivity index (χ2n) is 7.15. The average molecular weight is 418 g/mol. The Hall–Kier alpha value is -2.06. The third-order valence-electron chi connectivity index (χ3n) is 5.25. The first-order chi connectivity index (χ1) is 14.1. The maximum absolute atomic E-state index is 12.7. The van der Waals surface area contributed by atoms with E-state index in [0.29, 0.717) is 25.7 Å². The molecule has 158 valence electrons. The molecule has 0 radical (unpaired) electrons. The molecule has 1 fully saturated rings. The van der Waals surface area contributed by atoms with Crippen molar-refractivity contribution < 1.29 is 9.53 Å². The highest BCUT2D eigenvalue weighted by atomic mass is 32.2. The van der Waals surface area contributed by atoms with Crippen LogP contribution in [0.25, 0.3) is 0 Å². The van der Waals surface area contributed by atoms with E-state index in [1.165, 1.54) is 17.3 Å². The highest BCUT2D eigenvalue weighted by Crippen LogP contribution is 2.26. The van der Waals surface area contributed by atoms with Crippen molar-refractivity contribution >= 4 is 23.6 Å². The Morgan fingerprint density at radius 2 is 1.93 bits per heavy atom. The van der Waals surface area contributed by atoms with E-state index < -0.39 is 0 Å². The number of thioether (sulfide) groups is 1. The van der Waals surface area contributed by atoms with Crippen molar-refractivity contribution in [3.05, 3.63) is 35.9 Å². The maximum Gasteiger partial charge on any atom is 0.233 e. The van der Waals surface area contributed by atoms with E-state index in [9.17, 15) is 4.79 Å². The number of hydrogen-bond donors (Lipinski definition) is 1. The van der Waals surface area contributed by atoms with Crippen molar-refractivity contribution in [3.8, 4) is 0 Å². The average Bonchev–Trinajstić information content (AvgIpc) is 3.17. The van der Waals surface area contributed by atoms with E-state index in [4.69, 9.17) is 4.74 Å². The zero-order chi connectivity index (χ0) is 20.6. The van der Waals surface area contributed by atoms with Crippen LogP contribution in [-0.4, -0.2) is 58.8 Å². The van der Waals surface area contributed by atoms with Gasteiger partial charge >= 0.3 is 0 Å². The number of aromatic nitrogens is 3. The van der Waals surface area contributed by atoms with Crippen molar-refractivity contribution in [2.45, 2.75) is 50.1 Å². The standard InChI is InChI=1S/C21H31N5O2S/c1-4-17(18-9-7-6-8-10-18)15-22-19(27)16(3)29-21-24-23-20(26(21)5-2)25-11-13-28-14-12-25/h6-10,16-17H,4-5,11-15H2,1-3H3,(H,22,27)/t16-,17+/m1/s1. The van der Waals surface area contributed by atoms with Gasteiger partial charge in [0.15, 0.2) is 5.16 Å². The van der Waals surface area contributed by atoms with E-state index in [2.05, 4.69) is 51.0 Å². The zero-order valence-electron chi connectivity index (χ0n) is 17.5. The summed E-state index contributed by atoms with van der Waals surface area (Å²) in [7, 11) is 0. The predicted molar refractivity (Wildman–Crippen MR) is 117 cm³/mol. The van der Waals surface area contributed by atoms with Crippen molar-refractivity contribution in [2.24, 2.45) is 0 Å². The Kier molecular flexibility index (Phi) is 7.94. The van der Waals surface area contributed by atoms with Crippen LogP contribution in [0.5, 0.6) is 0 Å². The number of amides is 1. The van der Waals surface area contributed by atoms with Crippen LogP contribution in [0.2, 0.25) is 0 Å². The van der Waals surface area contributed by atoms with Crippen molar-refractivity contribution in [1.82, 2.24) is 20.1 Å². The molecule has 1 aromatic heterocycles. The van der Waals surface area contributed by atoms with Gasteiger partial charge in [-0.15, -0.1) is 10.2 Å². The SMILES string of the molecule is CC[C@@H](CNC(=O)[C@@H](C)Sc1nnc(N2CCOCC2)n1CC)c1ccccc1. The van der Waals surface area contributed by atoms with Crippen LogP contribution in [0.15, 0.2) is 35.5 Å². The Bertz CT molecular complexity index is 777. The molecule has 0 saturated carbocycles. The lowest BCUT2D eigenvalue weighted by Crippen LogP contribution is -2.38. The fourth-order valence-corrected chi connectivity index (χ4v) is 4.38. The number of nitrogens with one attached hydrogen (secondary N) is 1. The molecule has 7 nitrogen and oxygen atoms in total. The minimum atomic E-state index is -0.240. The Morgan fingerprint density at radius 3 is 2.59 bits per heavy atom. The van der Waals surface area contributed by atoms with Gasteiger partial charge in [-0.1, -0.05) is 49.0 Å². The first-order valence-corrected chi connectivity index (χ1v) is 11.3. The summed E-state index contributed by atoms with van der Waals surface area (Å²) in [6.07, 6.45) is 0.985. The van der Waals surface area contributed by atoms with Crippen molar-refractivity contribution in [2.75, 3.05) is 37.7 Å². The Morgan fingerprint density at radius 1 is 1.21 bits per heavy atom. The third kappa shape index (κ3) is 5.51. The molecule has 0 spiro atoms. The first kappa shape index (κ1) is 21.6. The number of anilines is 1. The summed E-state index contributed by atoms with van der Waals surface area (Å²) in [4.78, 5) is 14.9. The number of rotatable bonds is 9. The number of carbonyl (C=O) groups excluding carboxylic acids is 1. The van der Waals surface area contributed by atoms with E-state index in [-0.39, 0.29) is 11.2 Å². The summed E-state index contributed by atoms with van der Waals surface area (Å²) < 4.78 is 7.51. The number of ether oxygens (including phenoxy) is 1. The first-order valence-electron chi connectivity index (χ1n) is 10.4. The third-order valence-corrected chi connectivity index (χ3v) is 6.33. The van der Waals surface area contributed by atoms with Gasteiger partial charge in [0, 0.05) is 32.1 Å². The fraction of sp³-hybridized carbons (Fsp3) is 0.571. The summed E-state index contributed by atoms with van der Waals surface area (Å²) in [5.41, 5.74) is 1.26. The molecule has 29 heavy (non-hydrogen) atoms. The molecule has 1 aromatic carbocycles. The summed E-state index contributed by atoms with van der Waals surface area (Å²) in [6.45, 7) is 10.6. The van der Waals surface area contributed by atoms with Crippen LogP contribution in [0.1, 0.15) is 38.7 Å². The van der Waals surface area contributed by atoms with Gasteiger partial charge in [0.1, 0.15) is 0 Å². The summed E-state index contributed by atoms with van der Waals surface area (Å²) >= 11 is 1.46. The predicted octanol–water partition coefficient (Wildman–Crippen LogP) is 2.93. The molecule has 1 aliphatic rings. The zero-order valence-corrected chi connectivity index (χ0v) is 18.3. The molecule has 2 atom stereocenters. The fourth-order valence-electron chi connectivity index (χ4n) is 3.44. The molecular weight excluding hydrogens is 386 g/mol. The lowest BCUT2D eigenvalue weighted by atomic mass is 9.96. The van der Waals surface area contributed by atoms with Crippen LogP contribution >= 0.6 is 11.8 Å². The topological polar surface area (TPSA) is 72.3 Å². The minimum absolute atomic E-state index is 0.0305. The number of carbonyl (C=O) groups is 1. The van der Waals surface area contributed by atoms with Gasteiger partial charge in [-0.05, 0) is 25.8 Å². The minimum Gasteiger partial charge on any atom is -0.378 e. The molecule has 2 heterocycles. The van der Waals surface area contributed by atoms with Gasteiger partial charge in [0.25, 0.3) is 0 Å². The molecule has 8 heteroatoms. The van der Waals surface area contributed by atoms with Gasteiger partial charge < -0.3 is 15.0 Å². The molecule has 0 aliphatic carbocycles. The number of benzene rings is 1. The molecule has 1 aliphatic heterocycles. The molecule has 1 amide bonds. The van der Waals surface area contributed by atoms with Crippen molar-refractivity contribution in [3.63, 3.8) is 0 Å². The lowest BCUT2D eigenvalue weighted by molar-refractivity contribution is -0.120. The highest BCUT2D eigenvalue weighted by molar-refractivity contribution is 8.00. The summed E-state index contributed by atoms with van der Waals surface area (Å²) in [6, 6.07) is 10.3. The smallest absolute Gasteiger partial charge is 0.233 e. The van der Waals surface area contributed by atoms with E-state index in [0.717, 1.165) is 37.2 Å². The molecular formula is C21H31N5O2S. The lowest BCUT2D eigenvalue weighted by Gasteiger charge is -2.27. The van der Waals surface area contributed by atoms with Crippen LogP contribution in [0.3, 0.4) is 0 Å². The maximum atomic E-state index is 12.7. The van der Waals surface area contributed by atoms with Crippen LogP contribution in [0.4, 0.5) is 5.95 Å². The molecule has 0 unspecified atom stereocenters. The summed E-state index contributed by atoms with van der Waals surface area (Å²) in [5.74, 6) is 1.22. The second-order valence-corrected chi connectivity index (χ2v) is 8.46. The van der Waals surface area contributed by atoms with E-state index >= 15 is 0 Å². The molecule has 1 saturated heterocycles. The molecule has 2 aromatic rings. The number of nitrogens with zero attached hydrogens (tertiary/aromatic N) is 4. The second kappa shape index (κ2) is 10.6. The van der Waals surface area contributed by atoms with Gasteiger partial charge in [-0.2, -0.15) is 0 Å². The monoisotopic (exact) mass is 417 g/mol. The molecule has 0 bridgehead atoms. The van der Waals surface area contributed by atoms with Gasteiger partial charge in [-0.25, -0.2) is 0 Å². The number of hydrogen-bond acceptors (Lipinski definition) is 6. The highest BCUT2D eigenvalue weighted by Gasteiger charge is 2.23. The molecule has 1 N–H and O–H groups in total. The van der Waals surface area contributed by atoms with E-state index in [1.807, 2.05) is 25.1 Å².